The Morgan fingerprint density at radius 3 is 2.73 bits per heavy atom. The van der Waals surface area contributed by atoms with E-state index < -0.39 is 0 Å². The lowest BCUT2D eigenvalue weighted by Gasteiger charge is -2.05. The van der Waals surface area contributed by atoms with Crippen LogP contribution in [0.3, 0.4) is 0 Å². The van der Waals surface area contributed by atoms with Crippen molar-refractivity contribution in [1.82, 2.24) is 5.06 Å². The maximum Gasteiger partial charge on any atom is 0.0590 e. The van der Waals surface area contributed by atoms with Crippen LogP contribution in [0.2, 0.25) is 0 Å². The molecule has 11 heavy (non-hydrogen) atoms. The average Bonchev–Trinajstić information content (AvgIpc) is 2.18. The van der Waals surface area contributed by atoms with E-state index in [-0.39, 0.29) is 0 Å². The van der Waals surface area contributed by atoms with Gasteiger partial charge in [0.1, 0.15) is 0 Å². The highest BCUT2D eigenvalue weighted by Gasteiger charge is 2.06. The van der Waals surface area contributed by atoms with Crippen molar-refractivity contribution in [2.45, 2.75) is 13.5 Å². The molecule has 0 saturated heterocycles. The molecule has 0 spiro atoms. The standard InChI is InChI=1S/C7H10BrNOS/c1-5-4-11-6(7(5)8)3-9(2)10/h4,10H,3H2,1-2H3. The fourth-order valence-electron chi connectivity index (χ4n) is 0.797. The molecular formula is C7H10BrNOS. The summed E-state index contributed by atoms with van der Waals surface area (Å²) < 4.78 is 1.11. The molecule has 0 saturated carbocycles. The predicted octanol–water partition coefficient (Wildman–Crippen LogP) is 2.64. The molecule has 0 amide bonds. The molecule has 2 nitrogen and oxygen atoms in total. The SMILES string of the molecule is Cc1csc(CN(C)O)c1Br. The number of rotatable bonds is 2. The first-order chi connectivity index (χ1) is 5.11. The van der Waals surface area contributed by atoms with Crippen LogP contribution >= 0.6 is 27.3 Å². The van der Waals surface area contributed by atoms with E-state index in [9.17, 15) is 0 Å². The maximum absolute atomic E-state index is 8.96. The Morgan fingerprint density at radius 2 is 2.36 bits per heavy atom. The molecule has 0 radical (unpaired) electrons. The summed E-state index contributed by atoms with van der Waals surface area (Å²) in [6.45, 7) is 2.63. The fourth-order valence-corrected chi connectivity index (χ4v) is 2.43. The molecule has 0 fully saturated rings. The Kier molecular flexibility index (Phi) is 3.06. The Morgan fingerprint density at radius 1 is 1.73 bits per heavy atom. The van der Waals surface area contributed by atoms with Gasteiger partial charge in [-0.15, -0.1) is 11.3 Å². The molecule has 0 atom stereocenters. The van der Waals surface area contributed by atoms with Crippen LogP contribution in [-0.2, 0) is 6.54 Å². The van der Waals surface area contributed by atoms with Crippen LogP contribution in [0.1, 0.15) is 10.4 Å². The van der Waals surface area contributed by atoms with Crippen LogP contribution in [0.25, 0.3) is 0 Å². The first-order valence-corrected chi connectivity index (χ1v) is 4.91. The van der Waals surface area contributed by atoms with Gasteiger partial charge in [-0.3, -0.25) is 0 Å². The van der Waals surface area contributed by atoms with Crippen LogP contribution in [0.15, 0.2) is 9.85 Å². The molecule has 1 aromatic heterocycles. The van der Waals surface area contributed by atoms with E-state index >= 15 is 0 Å². The van der Waals surface area contributed by atoms with Gasteiger partial charge in [0.2, 0.25) is 0 Å². The zero-order valence-electron chi connectivity index (χ0n) is 6.47. The molecule has 0 aliphatic carbocycles. The van der Waals surface area contributed by atoms with Crippen molar-refractivity contribution in [2.75, 3.05) is 7.05 Å². The Hall–Kier alpha value is 0.100. The van der Waals surface area contributed by atoms with Gasteiger partial charge >= 0.3 is 0 Å². The summed E-state index contributed by atoms with van der Waals surface area (Å²) in [7, 11) is 1.64. The lowest BCUT2D eigenvalue weighted by molar-refractivity contribution is -0.0724. The number of hydrogen-bond acceptors (Lipinski definition) is 3. The Labute approximate surface area is 78.5 Å². The molecule has 4 heteroatoms. The van der Waals surface area contributed by atoms with E-state index in [1.165, 1.54) is 10.6 Å². The minimum absolute atomic E-state index is 0.582. The first-order valence-electron chi connectivity index (χ1n) is 3.23. The summed E-state index contributed by atoms with van der Waals surface area (Å²) in [4.78, 5) is 1.16. The van der Waals surface area contributed by atoms with Gasteiger partial charge < -0.3 is 5.21 Å². The minimum atomic E-state index is 0.582. The van der Waals surface area contributed by atoms with E-state index in [1.807, 2.05) is 6.92 Å². The fraction of sp³-hybridized carbons (Fsp3) is 0.429. The van der Waals surface area contributed by atoms with Gasteiger partial charge in [-0.1, -0.05) is 0 Å². The maximum atomic E-state index is 8.96. The third kappa shape index (κ3) is 2.27. The summed E-state index contributed by atoms with van der Waals surface area (Å²) in [6.07, 6.45) is 0. The van der Waals surface area contributed by atoms with Crippen molar-refractivity contribution in [3.8, 4) is 0 Å². The van der Waals surface area contributed by atoms with Gasteiger partial charge in [0.05, 0.1) is 6.54 Å². The summed E-state index contributed by atoms with van der Waals surface area (Å²) in [6, 6.07) is 0. The molecule has 1 rings (SSSR count). The number of hydroxylamine groups is 2. The quantitative estimate of drug-likeness (QED) is 0.798. The van der Waals surface area contributed by atoms with Crippen LogP contribution in [-0.4, -0.2) is 17.3 Å². The molecule has 0 aliphatic rings. The number of hydrogen-bond donors (Lipinski definition) is 1. The second-order valence-electron chi connectivity index (χ2n) is 2.47. The van der Waals surface area contributed by atoms with Crippen molar-refractivity contribution < 1.29 is 5.21 Å². The summed E-state index contributed by atoms with van der Waals surface area (Å²) in [5.41, 5.74) is 1.23. The van der Waals surface area contributed by atoms with Crippen molar-refractivity contribution in [3.63, 3.8) is 0 Å². The van der Waals surface area contributed by atoms with Gasteiger partial charge in [0, 0.05) is 16.4 Å². The van der Waals surface area contributed by atoms with Crippen LogP contribution < -0.4 is 0 Å². The largest absolute Gasteiger partial charge is 0.314 e. The molecule has 1 N–H and O–H groups in total. The van der Waals surface area contributed by atoms with Crippen molar-refractivity contribution in [3.05, 3.63) is 20.3 Å². The number of halogens is 1. The second-order valence-corrected chi connectivity index (χ2v) is 4.23. The van der Waals surface area contributed by atoms with E-state index in [1.54, 1.807) is 18.4 Å². The highest BCUT2D eigenvalue weighted by atomic mass is 79.9. The van der Waals surface area contributed by atoms with Gasteiger partial charge in [0.15, 0.2) is 0 Å². The smallest absolute Gasteiger partial charge is 0.0590 e. The summed E-state index contributed by atoms with van der Waals surface area (Å²) in [5, 5.41) is 12.2. The lowest BCUT2D eigenvalue weighted by atomic mass is 10.3. The van der Waals surface area contributed by atoms with E-state index in [0.717, 1.165) is 9.35 Å². The van der Waals surface area contributed by atoms with Crippen molar-refractivity contribution >= 4 is 27.3 Å². The van der Waals surface area contributed by atoms with Crippen LogP contribution in [0.5, 0.6) is 0 Å². The first kappa shape index (κ1) is 9.19. The van der Waals surface area contributed by atoms with Crippen molar-refractivity contribution in [1.29, 1.82) is 0 Å². The third-order valence-electron chi connectivity index (χ3n) is 1.34. The van der Waals surface area contributed by atoms with Gasteiger partial charge in [0.25, 0.3) is 0 Å². The van der Waals surface area contributed by atoms with Crippen molar-refractivity contribution in [2.24, 2.45) is 0 Å². The number of aryl methyl sites for hydroxylation is 1. The number of thiophene rings is 1. The summed E-state index contributed by atoms with van der Waals surface area (Å²) in [5.74, 6) is 0. The van der Waals surface area contributed by atoms with Gasteiger partial charge in [-0.25, -0.2) is 0 Å². The average molecular weight is 236 g/mol. The summed E-state index contributed by atoms with van der Waals surface area (Å²) >= 11 is 5.11. The molecule has 0 aromatic carbocycles. The molecule has 1 aromatic rings. The molecular weight excluding hydrogens is 226 g/mol. The zero-order chi connectivity index (χ0) is 8.43. The zero-order valence-corrected chi connectivity index (χ0v) is 8.87. The normalized spacial score (nSPS) is 11.0. The van der Waals surface area contributed by atoms with Crippen LogP contribution in [0, 0.1) is 6.92 Å². The lowest BCUT2D eigenvalue weighted by Crippen LogP contribution is -2.10. The molecule has 62 valence electrons. The predicted molar refractivity (Wildman–Crippen MR) is 50.0 cm³/mol. The van der Waals surface area contributed by atoms with Crippen LogP contribution in [0.4, 0.5) is 0 Å². The monoisotopic (exact) mass is 235 g/mol. The highest BCUT2D eigenvalue weighted by Crippen LogP contribution is 2.28. The van der Waals surface area contributed by atoms with E-state index in [2.05, 4.69) is 21.3 Å². The molecule has 0 aliphatic heterocycles. The number of nitrogens with zero attached hydrogens (tertiary/aromatic N) is 1. The Balaban J connectivity index is 2.79. The third-order valence-corrected chi connectivity index (χ3v) is 3.80. The van der Waals surface area contributed by atoms with Gasteiger partial charge in [-0.05, 0) is 33.8 Å². The van der Waals surface area contributed by atoms with E-state index in [0.29, 0.717) is 6.54 Å². The van der Waals surface area contributed by atoms with E-state index in [4.69, 9.17) is 5.21 Å². The minimum Gasteiger partial charge on any atom is -0.314 e. The molecule has 0 unspecified atom stereocenters. The second kappa shape index (κ2) is 3.67. The topological polar surface area (TPSA) is 23.5 Å². The highest BCUT2D eigenvalue weighted by molar-refractivity contribution is 9.10. The molecule has 0 bridgehead atoms. The van der Waals surface area contributed by atoms with Gasteiger partial charge in [-0.2, -0.15) is 5.06 Å². The Bertz CT molecular complexity index is 247. The molecule has 1 heterocycles.